The van der Waals surface area contributed by atoms with E-state index >= 15 is 0 Å². The highest BCUT2D eigenvalue weighted by Gasteiger charge is 1.98. The van der Waals surface area contributed by atoms with Crippen LogP contribution in [0.15, 0.2) is 11.3 Å². The standard InChI is InChI=1S/C7H10O3/c1-5(4-8)6(2)10-7(3)9/h4H,1-3H3/b6-5-. The largest absolute Gasteiger partial charge is 0.431 e. The predicted octanol–water partition coefficient (Wildman–Crippen LogP) is 1.04. The maximum absolute atomic E-state index is 10.3. The molecule has 0 spiro atoms. The second-order valence-electron chi connectivity index (χ2n) is 1.95. The molecule has 0 aliphatic rings. The molecule has 0 aromatic rings. The first-order valence-corrected chi connectivity index (χ1v) is 2.89. The molecule has 0 bridgehead atoms. The summed E-state index contributed by atoms with van der Waals surface area (Å²) in [7, 11) is 0. The molecule has 3 nitrogen and oxygen atoms in total. The van der Waals surface area contributed by atoms with Gasteiger partial charge < -0.3 is 4.74 Å². The van der Waals surface area contributed by atoms with Gasteiger partial charge in [0.05, 0.1) is 0 Å². The Balaban J connectivity index is 4.18. The summed E-state index contributed by atoms with van der Waals surface area (Å²) in [4.78, 5) is 20.4. The third-order valence-electron chi connectivity index (χ3n) is 1.03. The zero-order valence-electron chi connectivity index (χ0n) is 6.30. The van der Waals surface area contributed by atoms with Crippen LogP contribution in [0.5, 0.6) is 0 Å². The molecule has 56 valence electrons. The smallest absolute Gasteiger partial charge is 0.307 e. The zero-order chi connectivity index (χ0) is 8.15. The first-order valence-electron chi connectivity index (χ1n) is 2.89. The molecular formula is C7H10O3. The minimum atomic E-state index is -0.404. The van der Waals surface area contributed by atoms with E-state index in [-0.39, 0.29) is 0 Å². The highest BCUT2D eigenvalue weighted by atomic mass is 16.5. The lowest BCUT2D eigenvalue weighted by Gasteiger charge is -2.00. The second-order valence-corrected chi connectivity index (χ2v) is 1.95. The van der Waals surface area contributed by atoms with E-state index in [4.69, 9.17) is 0 Å². The van der Waals surface area contributed by atoms with Crippen LogP contribution in [0.2, 0.25) is 0 Å². The third-order valence-corrected chi connectivity index (χ3v) is 1.03. The van der Waals surface area contributed by atoms with E-state index in [1.54, 1.807) is 13.8 Å². The molecule has 0 unspecified atom stereocenters. The molecule has 0 aromatic heterocycles. The van der Waals surface area contributed by atoms with Crippen molar-refractivity contribution in [3.05, 3.63) is 11.3 Å². The first-order chi connectivity index (χ1) is 4.57. The van der Waals surface area contributed by atoms with E-state index in [2.05, 4.69) is 4.74 Å². The van der Waals surface area contributed by atoms with Gasteiger partial charge in [0.25, 0.3) is 0 Å². The lowest BCUT2D eigenvalue weighted by molar-refractivity contribution is -0.136. The van der Waals surface area contributed by atoms with Crippen molar-refractivity contribution in [2.45, 2.75) is 20.8 Å². The topological polar surface area (TPSA) is 43.4 Å². The first kappa shape index (κ1) is 8.88. The van der Waals surface area contributed by atoms with Crippen molar-refractivity contribution in [3.63, 3.8) is 0 Å². The average Bonchev–Trinajstić information content (AvgIpc) is 1.85. The van der Waals surface area contributed by atoms with Gasteiger partial charge in [0, 0.05) is 12.5 Å². The molecular weight excluding hydrogens is 132 g/mol. The van der Waals surface area contributed by atoms with Gasteiger partial charge in [0.2, 0.25) is 0 Å². The molecule has 0 heterocycles. The summed E-state index contributed by atoms with van der Waals surface area (Å²) in [6.07, 6.45) is 0.651. The minimum absolute atomic E-state index is 0.363. The number of ether oxygens (including phenoxy) is 1. The average molecular weight is 142 g/mol. The maximum Gasteiger partial charge on any atom is 0.307 e. The van der Waals surface area contributed by atoms with E-state index in [1.165, 1.54) is 6.92 Å². The van der Waals surface area contributed by atoms with Crippen molar-refractivity contribution in [2.75, 3.05) is 0 Å². The molecule has 0 fully saturated rings. The molecule has 0 atom stereocenters. The van der Waals surface area contributed by atoms with Gasteiger partial charge in [-0.1, -0.05) is 0 Å². The number of rotatable bonds is 2. The second kappa shape index (κ2) is 3.82. The van der Waals surface area contributed by atoms with Gasteiger partial charge >= 0.3 is 5.97 Å². The number of aldehydes is 1. The van der Waals surface area contributed by atoms with Crippen molar-refractivity contribution in [1.29, 1.82) is 0 Å². The number of allylic oxidation sites excluding steroid dienone is 2. The highest BCUT2D eigenvalue weighted by Crippen LogP contribution is 2.01. The van der Waals surface area contributed by atoms with Crippen LogP contribution in [0.1, 0.15) is 20.8 Å². The molecule has 0 amide bonds. The van der Waals surface area contributed by atoms with Gasteiger partial charge in [-0.15, -0.1) is 0 Å². The Morgan fingerprint density at radius 1 is 1.30 bits per heavy atom. The van der Waals surface area contributed by atoms with Crippen LogP contribution < -0.4 is 0 Å². The molecule has 0 saturated heterocycles. The molecule has 0 aliphatic carbocycles. The molecule has 0 rings (SSSR count). The summed E-state index contributed by atoms with van der Waals surface area (Å²) in [6.45, 7) is 4.46. The molecule has 0 aromatic carbocycles. The van der Waals surface area contributed by atoms with Gasteiger partial charge in [-0.05, 0) is 13.8 Å². The summed E-state index contributed by atoms with van der Waals surface area (Å²) in [5.74, 6) is -0.0406. The van der Waals surface area contributed by atoms with E-state index < -0.39 is 5.97 Å². The number of hydrogen-bond acceptors (Lipinski definition) is 3. The molecule has 0 radical (unpaired) electrons. The number of esters is 1. The van der Waals surface area contributed by atoms with Crippen LogP contribution in [0.4, 0.5) is 0 Å². The Morgan fingerprint density at radius 3 is 2.10 bits per heavy atom. The maximum atomic E-state index is 10.3. The van der Waals surface area contributed by atoms with Gasteiger partial charge in [0.1, 0.15) is 12.0 Å². The summed E-state index contributed by atoms with van der Waals surface area (Å²) in [6, 6.07) is 0. The molecule has 3 heteroatoms. The van der Waals surface area contributed by atoms with Crippen molar-refractivity contribution < 1.29 is 14.3 Å². The van der Waals surface area contributed by atoms with Crippen molar-refractivity contribution >= 4 is 12.3 Å². The van der Waals surface area contributed by atoms with Crippen LogP contribution in [0.3, 0.4) is 0 Å². The Bertz CT molecular complexity index is 179. The van der Waals surface area contributed by atoms with Crippen LogP contribution in [-0.4, -0.2) is 12.3 Å². The quantitative estimate of drug-likeness (QED) is 0.250. The molecule has 10 heavy (non-hydrogen) atoms. The van der Waals surface area contributed by atoms with Crippen LogP contribution in [-0.2, 0) is 14.3 Å². The number of carbonyl (C=O) groups is 2. The van der Waals surface area contributed by atoms with Crippen LogP contribution in [0, 0.1) is 0 Å². The Kier molecular flexibility index (Phi) is 3.39. The predicted molar refractivity (Wildman–Crippen MR) is 36.2 cm³/mol. The highest BCUT2D eigenvalue weighted by molar-refractivity contribution is 5.74. The normalized spacial score (nSPS) is 11.9. The van der Waals surface area contributed by atoms with Crippen molar-refractivity contribution in [1.82, 2.24) is 0 Å². The fourth-order valence-corrected chi connectivity index (χ4v) is 0.379. The minimum Gasteiger partial charge on any atom is -0.431 e. The summed E-state index contributed by atoms with van der Waals surface area (Å²) >= 11 is 0. The van der Waals surface area contributed by atoms with E-state index in [0.29, 0.717) is 17.6 Å². The molecule has 0 saturated carbocycles. The van der Waals surface area contributed by atoms with E-state index in [9.17, 15) is 9.59 Å². The lowest BCUT2D eigenvalue weighted by Crippen LogP contribution is -1.98. The Hall–Kier alpha value is -1.12. The third kappa shape index (κ3) is 3.02. The van der Waals surface area contributed by atoms with Gasteiger partial charge in [-0.3, -0.25) is 9.59 Å². The van der Waals surface area contributed by atoms with E-state index in [0.717, 1.165) is 0 Å². The number of carbonyl (C=O) groups excluding carboxylic acids is 2. The van der Waals surface area contributed by atoms with Crippen LogP contribution >= 0.6 is 0 Å². The lowest BCUT2D eigenvalue weighted by atomic mass is 10.3. The zero-order valence-corrected chi connectivity index (χ0v) is 6.30. The Labute approximate surface area is 59.7 Å². The van der Waals surface area contributed by atoms with Gasteiger partial charge in [-0.2, -0.15) is 0 Å². The number of hydrogen-bond donors (Lipinski definition) is 0. The summed E-state index contributed by atoms with van der Waals surface area (Å²) in [5, 5.41) is 0. The molecule has 0 N–H and O–H groups in total. The van der Waals surface area contributed by atoms with Gasteiger partial charge in [-0.25, -0.2) is 0 Å². The monoisotopic (exact) mass is 142 g/mol. The fourth-order valence-electron chi connectivity index (χ4n) is 0.379. The Morgan fingerprint density at radius 2 is 1.80 bits per heavy atom. The molecule has 0 aliphatic heterocycles. The van der Waals surface area contributed by atoms with Crippen LogP contribution in [0.25, 0.3) is 0 Å². The fraction of sp³-hybridized carbons (Fsp3) is 0.429. The van der Waals surface area contributed by atoms with Gasteiger partial charge in [0.15, 0.2) is 0 Å². The van der Waals surface area contributed by atoms with Crippen molar-refractivity contribution in [2.24, 2.45) is 0 Å². The van der Waals surface area contributed by atoms with E-state index in [1.807, 2.05) is 0 Å². The SMILES string of the molecule is CC(=O)O/C(C)=C(/C)C=O. The van der Waals surface area contributed by atoms with Crippen molar-refractivity contribution in [3.8, 4) is 0 Å². The summed E-state index contributed by atoms with van der Waals surface area (Å²) in [5.41, 5.74) is 0.440. The summed E-state index contributed by atoms with van der Waals surface area (Å²) < 4.78 is 4.61.